The second-order valence-corrected chi connectivity index (χ2v) is 15.5. The average molecular weight is 641 g/mol. The minimum absolute atomic E-state index is 0.224. The van der Waals surface area contributed by atoms with Crippen LogP contribution in [0, 0.1) is 0 Å². The van der Waals surface area contributed by atoms with E-state index in [1.54, 1.807) is 0 Å². The highest BCUT2D eigenvalue weighted by molar-refractivity contribution is 7.86. The first-order chi connectivity index (χ1) is 20.1. The maximum absolute atomic E-state index is 11.3. The monoisotopic (exact) mass is 640 g/mol. The van der Waals surface area contributed by atoms with Gasteiger partial charge in [-0.15, -0.1) is 0 Å². The van der Waals surface area contributed by atoms with E-state index in [1.807, 2.05) is 0 Å². The second kappa shape index (κ2) is 28.2. The highest BCUT2D eigenvalue weighted by atomic mass is 32.2. The minimum Gasteiger partial charge on any atom is -0.302 e. The number of hydrogen-bond acceptors (Lipinski definition) is 6. The Kier molecular flexibility index (Phi) is 28.1. The summed E-state index contributed by atoms with van der Waals surface area (Å²) in [5, 5.41) is 0. The Bertz CT molecular complexity index is 727. The molecular weight excluding hydrogens is 572 g/mol. The number of rotatable bonds is 33. The first-order valence-electron chi connectivity index (χ1n) is 17.4. The van der Waals surface area contributed by atoms with E-state index >= 15 is 0 Å². The van der Waals surface area contributed by atoms with E-state index < -0.39 is 20.2 Å². The van der Waals surface area contributed by atoms with Crippen LogP contribution in [0.2, 0.25) is 0 Å². The molecule has 0 aromatic heterocycles. The Labute approximate surface area is 261 Å². The molecular formula is C32H68N2O6S2. The van der Waals surface area contributed by atoms with Crippen LogP contribution < -0.4 is 0 Å². The van der Waals surface area contributed by atoms with Crippen molar-refractivity contribution in [2.75, 3.05) is 50.8 Å². The third kappa shape index (κ3) is 32.6. The normalized spacial score (nSPS) is 12.6. The molecule has 0 aliphatic rings. The molecule has 0 aromatic rings. The number of hydrogen-bond donors (Lipinski definition) is 2. The van der Waals surface area contributed by atoms with E-state index in [-0.39, 0.29) is 11.5 Å². The summed E-state index contributed by atoms with van der Waals surface area (Å²) in [5.41, 5.74) is 0. The minimum atomic E-state index is -3.97. The molecule has 0 saturated carbocycles. The zero-order chi connectivity index (χ0) is 31.4. The van der Waals surface area contributed by atoms with Crippen molar-refractivity contribution in [3.8, 4) is 0 Å². The number of unbranched alkanes of at least 4 members (excludes halogenated alkanes) is 18. The Balaban J connectivity index is 4.59. The fourth-order valence-corrected chi connectivity index (χ4v) is 6.53. The van der Waals surface area contributed by atoms with E-state index in [9.17, 15) is 25.9 Å². The van der Waals surface area contributed by atoms with Crippen LogP contribution in [0.15, 0.2) is 0 Å². The fraction of sp³-hybridized carbons (Fsp3) is 1.00. The van der Waals surface area contributed by atoms with Crippen molar-refractivity contribution in [3.05, 3.63) is 0 Å². The lowest BCUT2D eigenvalue weighted by Gasteiger charge is -2.28. The first-order valence-corrected chi connectivity index (χ1v) is 20.6. The van der Waals surface area contributed by atoms with E-state index in [0.717, 1.165) is 39.0 Å². The number of nitrogens with zero attached hydrogens (tertiary/aromatic N) is 2. The van der Waals surface area contributed by atoms with Gasteiger partial charge in [0.25, 0.3) is 20.2 Å². The van der Waals surface area contributed by atoms with Crippen LogP contribution in [-0.4, -0.2) is 86.5 Å². The van der Waals surface area contributed by atoms with Gasteiger partial charge < -0.3 is 9.80 Å². The van der Waals surface area contributed by atoms with Gasteiger partial charge in [-0.25, -0.2) is 0 Å². The van der Waals surface area contributed by atoms with Gasteiger partial charge in [-0.2, -0.15) is 16.8 Å². The summed E-state index contributed by atoms with van der Waals surface area (Å²) in [6.45, 7) is 9.10. The Hall–Kier alpha value is -0.260. The van der Waals surface area contributed by atoms with Crippen molar-refractivity contribution >= 4 is 20.2 Å². The van der Waals surface area contributed by atoms with Crippen LogP contribution in [0.4, 0.5) is 0 Å². The van der Waals surface area contributed by atoms with Gasteiger partial charge in [0, 0.05) is 13.1 Å². The molecule has 0 radical (unpaired) electrons. The molecule has 0 bridgehead atoms. The highest BCUT2D eigenvalue weighted by Gasteiger charge is 2.13. The zero-order valence-electron chi connectivity index (χ0n) is 27.5. The molecule has 42 heavy (non-hydrogen) atoms. The average Bonchev–Trinajstić information content (AvgIpc) is 2.91. The van der Waals surface area contributed by atoms with Crippen LogP contribution in [0.1, 0.15) is 155 Å². The first kappa shape index (κ1) is 41.7. The molecule has 0 amide bonds. The van der Waals surface area contributed by atoms with Crippen LogP contribution in [0.3, 0.4) is 0 Å². The van der Waals surface area contributed by atoms with Crippen molar-refractivity contribution in [3.63, 3.8) is 0 Å². The zero-order valence-corrected chi connectivity index (χ0v) is 29.1. The van der Waals surface area contributed by atoms with Crippen molar-refractivity contribution < 1.29 is 25.9 Å². The van der Waals surface area contributed by atoms with Crippen LogP contribution in [-0.2, 0) is 20.2 Å². The summed E-state index contributed by atoms with van der Waals surface area (Å²) in [4.78, 5) is 4.59. The molecule has 0 heterocycles. The highest BCUT2D eigenvalue weighted by Crippen LogP contribution is 2.13. The standard InChI is InChI=1S/C32H68N2O6S2/c1-3-5-7-9-11-13-15-17-19-21-25-33(27-23-31-41(35,36)37)29-30-34(28-24-32-42(38,39)40)26-22-20-18-16-14-12-10-8-6-4-2/h3-32H2,1-2H3,(H,35,36,37)(H,38,39,40). The van der Waals surface area contributed by atoms with Crippen LogP contribution in [0.5, 0.6) is 0 Å². The summed E-state index contributed by atoms with van der Waals surface area (Å²) in [6, 6.07) is 0. The topological polar surface area (TPSA) is 115 Å². The van der Waals surface area contributed by atoms with E-state index in [4.69, 9.17) is 0 Å². The lowest BCUT2D eigenvalue weighted by molar-refractivity contribution is 0.198. The molecule has 10 heteroatoms. The molecule has 8 nitrogen and oxygen atoms in total. The predicted octanol–water partition coefficient (Wildman–Crippen LogP) is 7.99. The Morgan fingerprint density at radius 3 is 0.857 bits per heavy atom. The fourth-order valence-electron chi connectivity index (χ4n) is 5.54. The molecule has 2 N–H and O–H groups in total. The Morgan fingerprint density at radius 1 is 0.357 bits per heavy atom. The molecule has 0 atom stereocenters. The quantitative estimate of drug-likeness (QED) is 0.0548. The third-order valence-corrected chi connectivity index (χ3v) is 9.75. The summed E-state index contributed by atoms with van der Waals surface area (Å²) in [7, 11) is -7.93. The molecule has 0 rings (SSSR count). The van der Waals surface area contributed by atoms with E-state index in [1.165, 1.54) is 116 Å². The molecule has 0 spiro atoms. The van der Waals surface area contributed by atoms with Gasteiger partial charge in [0.1, 0.15) is 0 Å². The van der Waals surface area contributed by atoms with Gasteiger partial charge in [-0.3, -0.25) is 9.11 Å². The van der Waals surface area contributed by atoms with Crippen molar-refractivity contribution in [1.82, 2.24) is 9.80 Å². The molecule has 0 unspecified atom stereocenters. The molecule has 0 saturated heterocycles. The van der Waals surface area contributed by atoms with E-state index in [2.05, 4.69) is 23.6 Å². The lowest BCUT2D eigenvalue weighted by atomic mass is 10.1. The van der Waals surface area contributed by atoms with Crippen molar-refractivity contribution in [1.29, 1.82) is 0 Å². The van der Waals surface area contributed by atoms with Crippen LogP contribution in [0.25, 0.3) is 0 Å². The van der Waals surface area contributed by atoms with Gasteiger partial charge in [0.05, 0.1) is 11.5 Å². The van der Waals surface area contributed by atoms with Gasteiger partial charge in [-0.05, 0) is 51.9 Å². The Morgan fingerprint density at radius 2 is 0.595 bits per heavy atom. The smallest absolute Gasteiger partial charge is 0.264 e. The third-order valence-electron chi connectivity index (χ3n) is 8.14. The van der Waals surface area contributed by atoms with Gasteiger partial charge in [0.15, 0.2) is 0 Å². The lowest BCUT2D eigenvalue weighted by Crippen LogP contribution is -2.38. The molecule has 0 aliphatic carbocycles. The largest absolute Gasteiger partial charge is 0.302 e. The van der Waals surface area contributed by atoms with Crippen LogP contribution >= 0.6 is 0 Å². The molecule has 0 aromatic carbocycles. The van der Waals surface area contributed by atoms with Gasteiger partial charge in [0.2, 0.25) is 0 Å². The van der Waals surface area contributed by atoms with Gasteiger partial charge >= 0.3 is 0 Å². The molecule has 0 aliphatic heterocycles. The summed E-state index contributed by atoms with van der Waals surface area (Å²) >= 11 is 0. The molecule has 254 valence electrons. The second-order valence-electron chi connectivity index (χ2n) is 12.3. The van der Waals surface area contributed by atoms with Gasteiger partial charge in [-0.1, -0.05) is 129 Å². The van der Waals surface area contributed by atoms with Crippen molar-refractivity contribution in [2.45, 2.75) is 155 Å². The molecule has 0 fully saturated rings. The maximum atomic E-state index is 11.3. The summed E-state index contributed by atoms with van der Waals surface area (Å²) < 4.78 is 63.4. The SMILES string of the molecule is CCCCCCCCCCCCN(CCCS(=O)(=O)O)CCN(CCCCCCCCCCCC)CCCS(=O)(=O)O. The maximum Gasteiger partial charge on any atom is 0.264 e. The van der Waals surface area contributed by atoms with Crippen molar-refractivity contribution in [2.24, 2.45) is 0 Å². The summed E-state index contributed by atoms with van der Waals surface area (Å²) in [6.07, 6.45) is 26.2. The van der Waals surface area contributed by atoms with E-state index in [0.29, 0.717) is 25.9 Å². The predicted molar refractivity (Wildman–Crippen MR) is 179 cm³/mol. The summed E-state index contributed by atoms with van der Waals surface area (Å²) in [5.74, 6) is -0.448.